The first-order valence-electron chi connectivity index (χ1n) is 9.70. The van der Waals surface area contributed by atoms with Gasteiger partial charge in [-0.2, -0.15) is 8.42 Å². The third-order valence-electron chi connectivity index (χ3n) is 4.50. The van der Waals surface area contributed by atoms with Gasteiger partial charge in [-0.05, 0) is 71.0 Å². The van der Waals surface area contributed by atoms with E-state index in [2.05, 4.69) is 9.44 Å². The van der Waals surface area contributed by atoms with Crippen LogP contribution < -0.4 is 19.3 Å². The standard InChI is InChI=1S/C21H20F2IN3O5S2/c1-2-33(28,29)26-17-4-3-5-18(12-17)32-20-10-15(22)9-14(21(20)27-34(25,30)31)8-13-6-7-16(24)11-19(13)23/h3-7,9-12,26-27H,2,8H2,1H3,(H2,25,30,31). The minimum absolute atomic E-state index is 0.0759. The van der Waals surface area contributed by atoms with Crippen molar-refractivity contribution in [2.75, 3.05) is 15.2 Å². The normalized spacial score (nSPS) is 11.8. The van der Waals surface area contributed by atoms with Gasteiger partial charge in [0.2, 0.25) is 10.0 Å². The van der Waals surface area contributed by atoms with E-state index >= 15 is 0 Å². The molecule has 182 valence electrons. The molecular weight excluding hydrogens is 603 g/mol. The molecule has 4 N–H and O–H groups in total. The van der Waals surface area contributed by atoms with Crippen LogP contribution in [0.3, 0.4) is 0 Å². The topological polar surface area (TPSA) is 128 Å². The lowest BCUT2D eigenvalue weighted by atomic mass is 10.0. The lowest BCUT2D eigenvalue weighted by Gasteiger charge is -2.17. The fourth-order valence-corrected chi connectivity index (χ4v) is 4.59. The highest BCUT2D eigenvalue weighted by atomic mass is 127. The molecule has 0 spiro atoms. The van der Waals surface area contributed by atoms with Crippen molar-refractivity contribution in [3.05, 3.63) is 80.9 Å². The first kappa shape index (κ1) is 26.1. The van der Waals surface area contributed by atoms with Crippen LogP contribution in [0, 0.1) is 15.2 Å². The molecule has 0 aliphatic carbocycles. The lowest BCUT2D eigenvalue weighted by molar-refractivity contribution is 0.478. The van der Waals surface area contributed by atoms with Crippen LogP contribution in [0.5, 0.6) is 11.5 Å². The summed E-state index contributed by atoms with van der Waals surface area (Å²) in [6.45, 7) is 1.47. The second-order valence-electron chi connectivity index (χ2n) is 7.13. The van der Waals surface area contributed by atoms with E-state index < -0.39 is 31.9 Å². The Bertz CT molecular complexity index is 1430. The molecule has 3 aromatic rings. The number of halogens is 3. The van der Waals surface area contributed by atoms with Gasteiger partial charge in [0.05, 0.1) is 17.1 Å². The van der Waals surface area contributed by atoms with Crippen LogP contribution in [0.1, 0.15) is 18.1 Å². The zero-order valence-electron chi connectivity index (χ0n) is 17.7. The van der Waals surface area contributed by atoms with Gasteiger partial charge in [-0.25, -0.2) is 22.3 Å². The van der Waals surface area contributed by atoms with Crippen LogP contribution in [0.25, 0.3) is 0 Å². The van der Waals surface area contributed by atoms with E-state index in [0.29, 0.717) is 3.57 Å². The molecule has 3 aromatic carbocycles. The molecule has 0 saturated carbocycles. The van der Waals surface area contributed by atoms with Crippen LogP contribution in [0.2, 0.25) is 0 Å². The Labute approximate surface area is 209 Å². The number of benzene rings is 3. The van der Waals surface area contributed by atoms with Gasteiger partial charge in [-0.1, -0.05) is 12.1 Å². The van der Waals surface area contributed by atoms with Gasteiger partial charge in [0.25, 0.3) is 10.2 Å². The van der Waals surface area contributed by atoms with Gasteiger partial charge >= 0.3 is 0 Å². The fraction of sp³-hybridized carbons (Fsp3) is 0.143. The van der Waals surface area contributed by atoms with E-state index in [4.69, 9.17) is 9.88 Å². The molecule has 13 heteroatoms. The summed E-state index contributed by atoms with van der Waals surface area (Å²) in [6, 6.07) is 12.2. The number of rotatable bonds is 9. The molecule has 0 radical (unpaired) electrons. The molecule has 0 aliphatic heterocycles. The highest BCUT2D eigenvalue weighted by molar-refractivity contribution is 14.1. The van der Waals surface area contributed by atoms with Crippen molar-refractivity contribution < 1.29 is 30.4 Å². The summed E-state index contributed by atoms with van der Waals surface area (Å²) in [4.78, 5) is 0. The molecule has 0 aliphatic rings. The zero-order chi connectivity index (χ0) is 25.1. The average molecular weight is 623 g/mol. The van der Waals surface area contributed by atoms with Gasteiger partial charge in [0, 0.05) is 22.1 Å². The molecule has 3 rings (SSSR count). The zero-order valence-corrected chi connectivity index (χ0v) is 21.5. The maximum absolute atomic E-state index is 14.5. The third-order valence-corrected chi connectivity index (χ3v) is 6.97. The van der Waals surface area contributed by atoms with E-state index in [-0.39, 0.29) is 46.2 Å². The summed E-state index contributed by atoms with van der Waals surface area (Å²) in [6.07, 6.45) is -0.162. The molecule has 0 bridgehead atoms. The predicted molar refractivity (Wildman–Crippen MR) is 135 cm³/mol. The van der Waals surface area contributed by atoms with Gasteiger partial charge in [0.15, 0.2) is 5.75 Å². The van der Waals surface area contributed by atoms with Crippen molar-refractivity contribution >= 4 is 54.2 Å². The summed E-state index contributed by atoms with van der Waals surface area (Å²) in [5.74, 6) is -1.62. The Hall–Kier alpha value is -2.49. The fourth-order valence-electron chi connectivity index (χ4n) is 2.99. The smallest absolute Gasteiger partial charge is 0.296 e. The molecule has 34 heavy (non-hydrogen) atoms. The Morgan fingerprint density at radius 2 is 1.71 bits per heavy atom. The first-order valence-corrected chi connectivity index (χ1v) is 14.0. The number of anilines is 2. The van der Waals surface area contributed by atoms with Gasteiger partial charge in [-0.15, -0.1) is 0 Å². The average Bonchev–Trinajstić information content (AvgIpc) is 2.71. The Morgan fingerprint density at radius 3 is 2.35 bits per heavy atom. The molecule has 0 heterocycles. The minimum Gasteiger partial charge on any atom is -0.455 e. The largest absolute Gasteiger partial charge is 0.455 e. The monoisotopic (exact) mass is 623 g/mol. The number of nitrogens with one attached hydrogen (secondary N) is 2. The molecule has 0 saturated heterocycles. The van der Waals surface area contributed by atoms with Gasteiger partial charge < -0.3 is 4.74 Å². The number of hydrogen-bond acceptors (Lipinski definition) is 5. The van der Waals surface area contributed by atoms with Crippen LogP contribution in [0.15, 0.2) is 54.6 Å². The van der Waals surface area contributed by atoms with Crippen molar-refractivity contribution in [1.29, 1.82) is 0 Å². The van der Waals surface area contributed by atoms with E-state index in [9.17, 15) is 25.6 Å². The Balaban J connectivity index is 2.05. The van der Waals surface area contributed by atoms with E-state index in [0.717, 1.165) is 12.1 Å². The van der Waals surface area contributed by atoms with Crippen molar-refractivity contribution in [1.82, 2.24) is 0 Å². The summed E-state index contributed by atoms with van der Waals surface area (Å²) >= 11 is 1.94. The van der Waals surface area contributed by atoms with Crippen LogP contribution in [-0.2, 0) is 26.7 Å². The van der Waals surface area contributed by atoms with Crippen molar-refractivity contribution in [2.45, 2.75) is 13.3 Å². The lowest BCUT2D eigenvalue weighted by Crippen LogP contribution is -2.23. The molecule has 0 unspecified atom stereocenters. The molecule has 8 nitrogen and oxygen atoms in total. The van der Waals surface area contributed by atoms with Gasteiger partial charge in [-0.3, -0.25) is 9.44 Å². The summed E-state index contributed by atoms with van der Waals surface area (Å²) < 4.78 is 87.0. The van der Waals surface area contributed by atoms with Crippen molar-refractivity contribution in [2.24, 2.45) is 5.14 Å². The first-order chi connectivity index (χ1) is 15.8. The maximum Gasteiger partial charge on any atom is 0.296 e. The molecule has 0 aromatic heterocycles. The van der Waals surface area contributed by atoms with E-state index in [1.165, 1.54) is 43.3 Å². The number of ether oxygens (including phenoxy) is 1. The highest BCUT2D eigenvalue weighted by Crippen LogP contribution is 2.36. The van der Waals surface area contributed by atoms with Crippen LogP contribution >= 0.6 is 22.6 Å². The Morgan fingerprint density at radius 1 is 0.971 bits per heavy atom. The quantitative estimate of drug-likeness (QED) is 0.306. The van der Waals surface area contributed by atoms with E-state index in [1.807, 2.05) is 22.6 Å². The van der Waals surface area contributed by atoms with Crippen molar-refractivity contribution in [3.63, 3.8) is 0 Å². The second-order valence-corrected chi connectivity index (χ2v) is 11.7. The maximum atomic E-state index is 14.5. The third kappa shape index (κ3) is 7.25. The number of sulfonamides is 1. The molecule has 0 fully saturated rings. The summed E-state index contributed by atoms with van der Waals surface area (Å²) in [5.41, 5.74) is 0.289. The second kappa shape index (κ2) is 10.4. The minimum atomic E-state index is -4.31. The van der Waals surface area contributed by atoms with Crippen LogP contribution in [0.4, 0.5) is 20.2 Å². The molecule has 0 amide bonds. The molecule has 0 atom stereocenters. The summed E-state index contributed by atoms with van der Waals surface area (Å²) in [7, 11) is -7.87. The van der Waals surface area contributed by atoms with Crippen LogP contribution in [-0.4, -0.2) is 22.6 Å². The van der Waals surface area contributed by atoms with Crippen molar-refractivity contribution in [3.8, 4) is 11.5 Å². The van der Waals surface area contributed by atoms with Gasteiger partial charge in [0.1, 0.15) is 17.4 Å². The summed E-state index contributed by atoms with van der Waals surface area (Å²) in [5, 5.41) is 5.15. The van der Waals surface area contributed by atoms with E-state index in [1.54, 1.807) is 6.07 Å². The number of hydrogen-bond donors (Lipinski definition) is 3. The molecular formula is C21H20F2IN3O5S2. The number of nitrogens with two attached hydrogens (primary N) is 1. The highest BCUT2D eigenvalue weighted by Gasteiger charge is 2.19. The SMILES string of the molecule is CCS(=O)(=O)Nc1cccc(Oc2cc(F)cc(Cc3ccc(I)cc3F)c2NS(N)(=O)=O)c1. The Kier molecular flexibility index (Phi) is 8.00. The predicted octanol–water partition coefficient (Wildman–Crippen LogP) is 4.33.